The molecule has 180 valence electrons. The highest BCUT2D eigenvalue weighted by Crippen LogP contribution is 2.26. The summed E-state index contributed by atoms with van der Waals surface area (Å²) in [4.78, 5) is 21.7. The van der Waals surface area contributed by atoms with Crippen molar-refractivity contribution in [2.45, 2.75) is 39.0 Å². The third-order valence-electron chi connectivity index (χ3n) is 6.12. The largest absolute Gasteiger partial charge is 0.478 e. The van der Waals surface area contributed by atoms with Gasteiger partial charge in [-0.05, 0) is 75.7 Å². The van der Waals surface area contributed by atoms with Crippen LogP contribution in [0.4, 0.5) is 0 Å². The Hall–Kier alpha value is -3.45. The second-order valence-corrected chi connectivity index (χ2v) is 8.70. The molecule has 1 fully saturated rings. The summed E-state index contributed by atoms with van der Waals surface area (Å²) in [5, 5.41) is 21.1. The third kappa shape index (κ3) is 8.15. The molecule has 0 atom stereocenters. The topological polar surface area (TPSA) is 104 Å². The van der Waals surface area contributed by atoms with Crippen molar-refractivity contribution < 1.29 is 24.3 Å². The van der Waals surface area contributed by atoms with Crippen LogP contribution < -0.4 is 0 Å². The zero-order chi connectivity index (χ0) is 24.3. The number of benzene rings is 2. The number of likely N-dealkylation sites (tertiary alicyclic amines) is 1. The van der Waals surface area contributed by atoms with Crippen molar-refractivity contribution in [1.82, 2.24) is 10.1 Å². The molecular weight excluding hydrogens is 432 g/mol. The normalized spacial score (nSPS) is 14.7. The van der Waals surface area contributed by atoms with Gasteiger partial charge >= 0.3 is 11.9 Å². The Morgan fingerprint density at radius 1 is 1.03 bits per heavy atom. The number of piperidine rings is 1. The lowest BCUT2D eigenvalue weighted by atomic mass is 9.91. The highest BCUT2D eigenvalue weighted by atomic mass is 16.5. The first-order chi connectivity index (χ1) is 16.4. The number of carboxylic acids is 2. The van der Waals surface area contributed by atoms with Gasteiger partial charge in [0.15, 0.2) is 5.58 Å². The predicted molar refractivity (Wildman–Crippen MR) is 131 cm³/mol. The van der Waals surface area contributed by atoms with Crippen LogP contribution in [0.3, 0.4) is 0 Å². The quantitative estimate of drug-likeness (QED) is 0.464. The maximum Gasteiger partial charge on any atom is 0.328 e. The van der Waals surface area contributed by atoms with Crippen molar-refractivity contribution in [2.75, 3.05) is 19.6 Å². The van der Waals surface area contributed by atoms with Gasteiger partial charge in [-0.1, -0.05) is 47.1 Å². The monoisotopic (exact) mass is 464 g/mol. The van der Waals surface area contributed by atoms with Crippen molar-refractivity contribution >= 4 is 22.9 Å². The van der Waals surface area contributed by atoms with E-state index in [9.17, 15) is 9.59 Å². The first kappa shape index (κ1) is 25.2. The molecule has 1 saturated heterocycles. The van der Waals surface area contributed by atoms with E-state index < -0.39 is 11.9 Å². The van der Waals surface area contributed by atoms with Gasteiger partial charge in [0.05, 0.1) is 5.69 Å². The lowest BCUT2D eigenvalue weighted by molar-refractivity contribution is -0.134. The number of fused-ring (bicyclic) bond motifs is 1. The number of hydrogen-bond acceptors (Lipinski definition) is 5. The summed E-state index contributed by atoms with van der Waals surface area (Å²) in [5.74, 6) is -1.70. The minimum atomic E-state index is -1.26. The fourth-order valence-electron chi connectivity index (χ4n) is 4.20. The maximum absolute atomic E-state index is 9.55. The lowest BCUT2D eigenvalue weighted by Gasteiger charge is -2.31. The number of rotatable bonds is 8. The molecule has 2 aromatic carbocycles. The van der Waals surface area contributed by atoms with Crippen molar-refractivity contribution in [1.29, 1.82) is 0 Å². The predicted octanol–water partition coefficient (Wildman–Crippen LogP) is 4.74. The molecular formula is C27H32N2O5. The van der Waals surface area contributed by atoms with E-state index in [0.717, 1.165) is 30.0 Å². The Balaban J connectivity index is 0.000000350. The molecule has 34 heavy (non-hydrogen) atoms. The molecule has 1 aliphatic heterocycles. The van der Waals surface area contributed by atoms with Gasteiger partial charge in [0.2, 0.25) is 0 Å². The maximum atomic E-state index is 9.55. The van der Waals surface area contributed by atoms with Gasteiger partial charge < -0.3 is 19.6 Å². The van der Waals surface area contributed by atoms with Crippen LogP contribution in [0.5, 0.6) is 0 Å². The lowest BCUT2D eigenvalue weighted by Crippen LogP contribution is -2.35. The van der Waals surface area contributed by atoms with Gasteiger partial charge in [-0.3, -0.25) is 0 Å². The van der Waals surface area contributed by atoms with E-state index in [1.54, 1.807) is 0 Å². The number of hydrogen-bond donors (Lipinski definition) is 2. The van der Waals surface area contributed by atoms with Gasteiger partial charge in [-0.15, -0.1) is 0 Å². The Labute approximate surface area is 199 Å². The molecule has 0 amide bonds. The Morgan fingerprint density at radius 2 is 1.71 bits per heavy atom. The summed E-state index contributed by atoms with van der Waals surface area (Å²) < 4.78 is 5.48. The number of carbonyl (C=O) groups is 2. The van der Waals surface area contributed by atoms with Crippen LogP contribution in [0.1, 0.15) is 36.1 Å². The van der Waals surface area contributed by atoms with Crippen LogP contribution in [0.15, 0.2) is 65.2 Å². The van der Waals surface area contributed by atoms with E-state index in [4.69, 9.17) is 14.7 Å². The molecule has 3 aromatic rings. The molecule has 0 unspecified atom stereocenters. The molecule has 7 heteroatoms. The van der Waals surface area contributed by atoms with E-state index in [0.29, 0.717) is 12.2 Å². The number of carboxylic acid groups (broad SMARTS) is 2. The van der Waals surface area contributed by atoms with Crippen molar-refractivity contribution in [2.24, 2.45) is 5.92 Å². The van der Waals surface area contributed by atoms with Crippen LogP contribution in [0.2, 0.25) is 0 Å². The van der Waals surface area contributed by atoms with Crippen molar-refractivity contribution in [3.63, 3.8) is 0 Å². The first-order valence-corrected chi connectivity index (χ1v) is 11.7. The summed E-state index contributed by atoms with van der Waals surface area (Å²) in [5.41, 5.74) is 4.77. The van der Waals surface area contributed by atoms with Crippen LogP contribution in [0.25, 0.3) is 11.0 Å². The minimum absolute atomic E-state index is 0.558. The standard InChI is InChI=1S/C23H28N2O.C4H4O4/c1-18-7-10-23-21(17-18)22(24-26-23)9-8-20-12-15-25(16-13-20)14-11-19-5-3-2-4-6-19;5-3(6)1-2-4(7)8/h2-7,10,17,20H,8-9,11-16H2,1H3;1-2H,(H,5,6)(H,7,8)/b;2-1+. The van der Waals surface area contributed by atoms with E-state index in [2.05, 4.69) is 59.4 Å². The molecule has 0 bridgehead atoms. The molecule has 2 heterocycles. The second-order valence-electron chi connectivity index (χ2n) is 8.70. The zero-order valence-electron chi connectivity index (χ0n) is 19.5. The van der Waals surface area contributed by atoms with E-state index in [-0.39, 0.29) is 0 Å². The van der Waals surface area contributed by atoms with E-state index in [1.165, 1.54) is 55.4 Å². The van der Waals surface area contributed by atoms with Gasteiger partial charge in [-0.2, -0.15) is 0 Å². The molecule has 1 aliphatic rings. The summed E-state index contributed by atoms with van der Waals surface area (Å²) in [6, 6.07) is 17.2. The summed E-state index contributed by atoms with van der Waals surface area (Å²) in [6.45, 7) is 5.78. The van der Waals surface area contributed by atoms with Gasteiger partial charge in [0, 0.05) is 24.1 Å². The molecule has 2 N–H and O–H groups in total. The first-order valence-electron chi connectivity index (χ1n) is 11.7. The number of nitrogens with zero attached hydrogens (tertiary/aromatic N) is 2. The summed E-state index contributed by atoms with van der Waals surface area (Å²) in [6.07, 6.45) is 7.15. The molecule has 1 aromatic heterocycles. The van der Waals surface area contributed by atoms with Crippen LogP contribution in [-0.4, -0.2) is 51.8 Å². The van der Waals surface area contributed by atoms with Gasteiger partial charge in [0.1, 0.15) is 0 Å². The second kappa shape index (κ2) is 12.7. The molecule has 0 saturated carbocycles. The zero-order valence-corrected chi connectivity index (χ0v) is 19.5. The van der Waals surface area contributed by atoms with Crippen molar-refractivity contribution in [3.05, 3.63) is 77.5 Å². The molecule has 0 radical (unpaired) electrons. The fourth-order valence-corrected chi connectivity index (χ4v) is 4.20. The summed E-state index contributed by atoms with van der Waals surface area (Å²) in [7, 11) is 0. The van der Waals surface area contributed by atoms with E-state index in [1.807, 2.05) is 6.07 Å². The van der Waals surface area contributed by atoms with Crippen LogP contribution in [0, 0.1) is 12.8 Å². The molecule has 4 rings (SSSR count). The molecule has 7 nitrogen and oxygen atoms in total. The van der Waals surface area contributed by atoms with Crippen LogP contribution in [-0.2, 0) is 22.4 Å². The average Bonchev–Trinajstić information content (AvgIpc) is 3.24. The molecule has 0 aliphatic carbocycles. The fraction of sp³-hybridized carbons (Fsp3) is 0.370. The summed E-state index contributed by atoms with van der Waals surface area (Å²) >= 11 is 0. The number of aromatic nitrogens is 1. The van der Waals surface area contributed by atoms with Crippen molar-refractivity contribution in [3.8, 4) is 0 Å². The minimum Gasteiger partial charge on any atom is -0.478 e. The average molecular weight is 465 g/mol. The highest BCUT2D eigenvalue weighted by Gasteiger charge is 2.20. The number of aliphatic carboxylic acids is 2. The molecule has 0 spiro atoms. The Bertz CT molecular complexity index is 1080. The smallest absolute Gasteiger partial charge is 0.328 e. The third-order valence-corrected chi connectivity index (χ3v) is 6.12. The highest BCUT2D eigenvalue weighted by molar-refractivity contribution is 5.89. The SMILES string of the molecule is Cc1ccc2onc(CCC3CCN(CCc4ccccc4)CC3)c2c1.O=C(O)/C=C/C(=O)O. The van der Waals surface area contributed by atoms with E-state index >= 15 is 0 Å². The van der Waals surface area contributed by atoms with Gasteiger partial charge in [0.25, 0.3) is 0 Å². The number of aryl methyl sites for hydroxylation is 2. The van der Waals surface area contributed by atoms with Gasteiger partial charge in [-0.25, -0.2) is 9.59 Å². The van der Waals surface area contributed by atoms with Crippen LogP contribution >= 0.6 is 0 Å². The Morgan fingerprint density at radius 3 is 2.35 bits per heavy atom. The Kier molecular flexibility index (Phi) is 9.40.